The molecule has 2 heterocycles. The Morgan fingerprint density at radius 1 is 1.00 bits per heavy atom. The van der Waals surface area contributed by atoms with Crippen molar-refractivity contribution in [3.8, 4) is 22.8 Å². The van der Waals surface area contributed by atoms with E-state index < -0.39 is 0 Å². The molecule has 0 aliphatic carbocycles. The van der Waals surface area contributed by atoms with Gasteiger partial charge in [-0.1, -0.05) is 60.3 Å². The lowest BCUT2D eigenvalue weighted by Gasteiger charge is -2.10. The monoisotopic (exact) mass is 483 g/mol. The van der Waals surface area contributed by atoms with Crippen LogP contribution in [0.2, 0.25) is 0 Å². The molecule has 0 aliphatic heterocycles. The van der Waals surface area contributed by atoms with Crippen molar-refractivity contribution >= 4 is 28.6 Å². The molecular weight excluding hydrogens is 458 g/mol. The maximum Gasteiger partial charge on any atom is 0.230 e. The van der Waals surface area contributed by atoms with Crippen LogP contribution >= 0.6 is 11.8 Å². The number of thioether (sulfide) groups is 1. The summed E-state index contributed by atoms with van der Waals surface area (Å²) in [5, 5.41) is 13.7. The molecule has 35 heavy (non-hydrogen) atoms. The van der Waals surface area contributed by atoms with Crippen LogP contribution in [0.15, 0.2) is 90.2 Å². The van der Waals surface area contributed by atoms with Crippen LogP contribution in [0, 0.1) is 0 Å². The minimum Gasteiger partial charge on any atom is -0.497 e. The minimum absolute atomic E-state index is 0.0419. The van der Waals surface area contributed by atoms with Crippen LogP contribution in [0.3, 0.4) is 0 Å². The average molecular weight is 484 g/mol. The van der Waals surface area contributed by atoms with Crippen LogP contribution in [0.1, 0.15) is 5.56 Å². The number of rotatable bonds is 9. The van der Waals surface area contributed by atoms with Crippen LogP contribution in [-0.4, -0.2) is 45.1 Å². The molecule has 2 aromatic heterocycles. The van der Waals surface area contributed by atoms with Crippen LogP contribution in [0.25, 0.3) is 28.0 Å². The number of nitrogens with zero attached hydrogens (tertiary/aromatic N) is 3. The van der Waals surface area contributed by atoms with Gasteiger partial charge in [0.25, 0.3) is 0 Å². The summed E-state index contributed by atoms with van der Waals surface area (Å²) in [6, 6.07) is 25.9. The third-order valence-electron chi connectivity index (χ3n) is 5.71. The number of hydrogen-bond donors (Lipinski definition) is 2. The van der Waals surface area contributed by atoms with Gasteiger partial charge in [-0.25, -0.2) is 0 Å². The van der Waals surface area contributed by atoms with Gasteiger partial charge >= 0.3 is 0 Å². The molecule has 0 saturated carbocycles. The summed E-state index contributed by atoms with van der Waals surface area (Å²) in [4.78, 5) is 15.9. The molecule has 0 bridgehead atoms. The van der Waals surface area contributed by atoms with Crippen molar-refractivity contribution in [2.45, 2.75) is 11.6 Å². The molecule has 7 nitrogen and oxygen atoms in total. The quantitative estimate of drug-likeness (QED) is 0.292. The van der Waals surface area contributed by atoms with E-state index in [9.17, 15) is 4.79 Å². The van der Waals surface area contributed by atoms with Gasteiger partial charge in [0.15, 0.2) is 11.0 Å². The fourth-order valence-corrected chi connectivity index (χ4v) is 4.71. The average Bonchev–Trinajstić information content (AvgIpc) is 3.52. The van der Waals surface area contributed by atoms with E-state index in [0.717, 1.165) is 45.7 Å². The molecule has 5 rings (SSSR count). The standard InChI is InChI=1S/C27H25N5O2S/c1-34-21-13-11-19(12-14-21)15-16-28-25(33)18-35-27-31-30-26(32(27)20-7-3-2-4-8-20)23-17-29-24-10-6-5-9-22(23)24/h2-14,17,29H,15-16,18H2,1H3,(H,28,33). The second-order valence-electron chi connectivity index (χ2n) is 7.96. The molecule has 0 atom stereocenters. The molecule has 0 fully saturated rings. The summed E-state index contributed by atoms with van der Waals surface area (Å²) in [7, 11) is 1.65. The summed E-state index contributed by atoms with van der Waals surface area (Å²) < 4.78 is 7.19. The Balaban J connectivity index is 1.30. The predicted octanol–water partition coefficient (Wildman–Crippen LogP) is 4.88. The number of H-pyrrole nitrogens is 1. The van der Waals surface area contributed by atoms with Gasteiger partial charge in [0.1, 0.15) is 5.75 Å². The zero-order valence-electron chi connectivity index (χ0n) is 19.3. The fraction of sp³-hybridized carbons (Fsp3) is 0.148. The van der Waals surface area contributed by atoms with Gasteiger partial charge in [-0.2, -0.15) is 0 Å². The van der Waals surface area contributed by atoms with Crippen molar-refractivity contribution in [1.29, 1.82) is 0 Å². The lowest BCUT2D eigenvalue weighted by Crippen LogP contribution is -2.27. The first-order valence-electron chi connectivity index (χ1n) is 11.3. The van der Waals surface area contributed by atoms with Gasteiger partial charge in [0.05, 0.1) is 12.9 Å². The smallest absolute Gasteiger partial charge is 0.230 e. The molecular formula is C27H25N5O2S. The second-order valence-corrected chi connectivity index (χ2v) is 8.90. The third kappa shape index (κ3) is 5.07. The first kappa shape index (κ1) is 22.7. The van der Waals surface area contributed by atoms with Crippen molar-refractivity contribution < 1.29 is 9.53 Å². The van der Waals surface area contributed by atoms with Gasteiger partial charge in [-0.15, -0.1) is 10.2 Å². The fourth-order valence-electron chi connectivity index (χ4n) is 3.92. The lowest BCUT2D eigenvalue weighted by molar-refractivity contribution is -0.118. The zero-order chi connectivity index (χ0) is 24.0. The van der Waals surface area contributed by atoms with E-state index in [1.54, 1.807) is 7.11 Å². The Hall–Kier alpha value is -4.04. The van der Waals surface area contributed by atoms with Crippen molar-refractivity contribution in [2.75, 3.05) is 19.4 Å². The van der Waals surface area contributed by atoms with E-state index in [-0.39, 0.29) is 11.7 Å². The van der Waals surface area contributed by atoms with E-state index in [0.29, 0.717) is 11.7 Å². The topological polar surface area (TPSA) is 84.8 Å². The number of ether oxygens (including phenoxy) is 1. The number of para-hydroxylation sites is 2. The van der Waals surface area contributed by atoms with E-state index >= 15 is 0 Å². The van der Waals surface area contributed by atoms with Gasteiger partial charge < -0.3 is 15.0 Å². The number of carbonyl (C=O) groups excluding carboxylic acids is 1. The van der Waals surface area contributed by atoms with Crippen molar-refractivity contribution in [2.24, 2.45) is 0 Å². The highest BCUT2D eigenvalue weighted by Crippen LogP contribution is 2.32. The van der Waals surface area contributed by atoms with Gasteiger partial charge in [0, 0.05) is 34.9 Å². The summed E-state index contributed by atoms with van der Waals surface area (Å²) in [5.41, 5.74) is 4.09. The molecule has 0 saturated heterocycles. The Kier molecular flexibility index (Phi) is 6.81. The summed E-state index contributed by atoms with van der Waals surface area (Å²) >= 11 is 1.38. The van der Waals surface area contributed by atoms with Crippen LogP contribution in [0.5, 0.6) is 5.75 Å². The zero-order valence-corrected chi connectivity index (χ0v) is 20.1. The maximum atomic E-state index is 12.6. The molecule has 2 N–H and O–H groups in total. The molecule has 5 aromatic rings. The highest BCUT2D eigenvalue weighted by atomic mass is 32.2. The molecule has 176 valence electrons. The Labute approximate surface area is 207 Å². The van der Waals surface area contributed by atoms with Crippen LogP contribution in [0.4, 0.5) is 0 Å². The molecule has 0 radical (unpaired) electrons. The molecule has 3 aromatic carbocycles. The Morgan fingerprint density at radius 2 is 1.77 bits per heavy atom. The number of aromatic nitrogens is 4. The minimum atomic E-state index is -0.0419. The van der Waals surface area contributed by atoms with E-state index in [1.165, 1.54) is 11.8 Å². The van der Waals surface area contributed by atoms with E-state index in [2.05, 4.69) is 26.6 Å². The SMILES string of the molecule is COc1ccc(CCNC(=O)CSc2nnc(-c3c[nH]c4ccccc34)n2-c2ccccc2)cc1. The van der Waals surface area contributed by atoms with Crippen molar-refractivity contribution in [3.05, 3.63) is 90.6 Å². The van der Waals surface area contributed by atoms with E-state index in [4.69, 9.17) is 4.74 Å². The lowest BCUT2D eigenvalue weighted by atomic mass is 10.1. The maximum absolute atomic E-state index is 12.6. The number of benzene rings is 3. The van der Waals surface area contributed by atoms with E-state index in [1.807, 2.05) is 83.6 Å². The normalized spacial score (nSPS) is 11.0. The number of aromatic amines is 1. The molecule has 1 amide bonds. The molecule has 8 heteroatoms. The largest absolute Gasteiger partial charge is 0.497 e. The van der Waals surface area contributed by atoms with Gasteiger partial charge in [-0.05, 0) is 42.3 Å². The van der Waals surface area contributed by atoms with Crippen LogP contribution < -0.4 is 10.1 Å². The number of fused-ring (bicyclic) bond motifs is 1. The number of carbonyl (C=O) groups is 1. The number of hydrogen-bond acceptors (Lipinski definition) is 5. The highest BCUT2D eigenvalue weighted by Gasteiger charge is 2.19. The van der Waals surface area contributed by atoms with Crippen LogP contribution in [-0.2, 0) is 11.2 Å². The summed E-state index contributed by atoms with van der Waals surface area (Å²) in [6.07, 6.45) is 2.71. The molecule has 0 unspecified atom stereocenters. The third-order valence-corrected chi connectivity index (χ3v) is 6.63. The van der Waals surface area contributed by atoms with Crippen molar-refractivity contribution in [1.82, 2.24) is 25.1 Å². The highest BCUT2D eigenvalue weighted by molar-refractivity contribution is 7.99. The summed E-state index contributed by atoms with van der Waals surface area (Å²) in [5.74, 6) is 1.76. The van der Waals surface area contributed by atoms with Crippen molar-refractivity contribution in [3.63, 3.8) is 0 Å². The van der Waals surface area contributed by atoms with Gasteiger partial charge in [0.2, 0.25) is 5.91 Å². The summed E-state index contributed by atoms with van der Waals surface area (Å²) in [6.45, 7) is 0.567. The Bertz CT molecular complexity index is 1430. The molecule has 0 spiro atoms. The number of methoxy groups -OCH3 is 1. The molecule has 0 aliphatic rings. The van der Waals surface area contributed by atoms with Gasteiger partial charge in [-0.3, -0.25) is 9.36 Å². The predicted molar refractivity (Wildman–Crippen MR) is 139 cm³/mol. The number of amides is 1. The Morgan fingerprint density at radius 3 is 2.57 bits per heavy atom. The number of nitrogens with one attached hydrogen (secondary N) is 2. The first-order valence-corrected chi connectivity index (χ1v) is 12.3. The first-order chi connectivity index (χ1) is 17.2. The second kappa shape index (κ2) is 10.5.